The van der Waals surface area contributed by atoms with Crippen molar-refractivity contribution in [2.45, 2.75) is 43.5 Å². The molecule has 0 rings (SSSR count). The summed E-state index contributed by atoms with van der Waals surface area (Å²) in [6, 6.07) is 0.871. The summed E-state index contributed by atoms with van der Waals surface area (Å²) in [5.74, 6) is 0. The topological polar surface area (TPSA) is 27.7 Å². The van der Waals surface area contributed by atoms with Crippen LogP contribution in [0.2, 0.25) is 6.04 Å². The molecule has 0 radical (unpaired) electrons. The molecule has 0 bridgehead atoms. The van der Waals surface area contributed by atoms with Gasteiger partial charge in [0.05, 0.1) is 0 Å². The Kier molecular flexibility index (Phi) is 9.03. The zero-order chi connectivity index (χ0) is 11.7. The molecule has 1 atom stereocenters. The monoisotopic (exact) mass is 298 g/mol. The van der Waals surface area contributed by atoms with Crippen molar-refractivity contribution in [2.75, 3.05) is 21.3 Å². The predicted octanol–water partition coefficient (Wildman–Crippen LogP) is 3.21. The smallest absolute Gasteiger partial charge is 0.377 e. The number of alkyl halides is 1. The van der Waals surface area contributed by atoms with E-state index in [-0.39, 0.29) is 0 Å². The van der Waals surface area contributed by atoms with Crippen molar-refractivity contribution in [1.82, 2.24) is 0 Å². The van der Waals surface area contributed by atoms with Crippen LogP contribution >= 0.6 is 15.9 Å². The zero-order valence-electron chi connectivity index (χ0n) is 10.2. The molecule has 0 N–H and O–H groups in total. The molecule has 0 heterocycles. The number of unbranched alkanes of at least 4 members (excludes halogenated alkanes) is 1. The first-order valence-electron chi connectivity index (χ1n) is 5.43. The summed E-state index contributed by atoms with van der Waals surface area (Å²) in [5.41, 5.74) is 0. The highest BCUT2D eigenvalue weighted by Gasteiger charge is 2.37. The Morgan fingerprint density at radius 3 is 2.00 bits per heavy atom. The largest absolute Gasteiger partial charge is 0.500 e. The number of hydrogen-bond acceptors (Lipinski definition) is 3. The van der Waals surface area contributed by atoms with Crippen molar-refractivity contribution in [2.24, 2.45) is 0 Å². The number of rotatable bonds is 9. The molecule has 0 aliphatic heterocycles. The van der Waals surface area contributed by atoms with Gasteiger partial charge in [-0.05, 0) is 12.8 Å². The third-order valence-electron chi connectivity index (χ3n) is 2.57. The lowest BCUT2D eigenvalue weighted by Gasteiger charge is -2.25. The van der Waals surface area contributed by atoms with Crippen LogP contribution in [0.4, 0.5) is 0 Å². The maximum absolute atomic E-state index is 5.36. The van der Waals surface area contributed by atoms with Crippen LogP contribution in [0.3, 0.4) is 0 Å². The van der Waals surface area contributed by atoms with Crippen LogP contribution in [0, 0.1) is 0 Å². The lowest BCUT2D eigenvalue weighted by atomic mass is 10.2. The first kappa shape index (κ1) is 15.6. The first-order chi connectivity index (χ1) is 7.14. The molecule has 0 aliphatic carbocycles. The summed E-state index contributed by atoms with van der Waals surface area (Å²) in [7, 11) is 2.63. The molecule has 0 saturated heterocycles. The third kappa shape index (κ3) is 6.02. The van der Waals surface area contributed by atoms with E-state index in [9.17, 15) is 0 Å². The summed E-state index contributed by atoms with van der Waals surface area (Å²) in [6.45, 7) is 2.21. The van der Waals surface area contributed by atoms with E-state index in [2.05, 4.69) is 22.9 Å². The molecule has 3 nitrogen and oxygen atoms in total. The molecule has 5 heteroatoms. The minimum atomic E-state index is -2.35. The van der Waals surface area contributed by atoms with Crippen molar-refractivity contribution in [3.8, 4) is 0 Å². The van der Waals surface area contributed by atoms with Gasteiger partial charge in [0.2, 0.25) is 0 Å². The maximum Gasteiger partial charge on any atom is 0.500 e. The average Bonchev–Trinajstić information content (AvgIpc) is 2.29. The van der Waals surface area contributed by atoms with E-state index in [1.165, 1.54) is 19.3 Å². The van der Waals surface area contributed by atoms with Crippen molar-refractivity contribution in [3.05, 3.63) is 0 Å². The molecule has 0 amide bonds. The van der Waals surface area contributed by atoms with E-state index >= 15 is 0 Å². The van der Waals surface area contributed by atoms with E-state index in [1.807, 2.05) is 0 Å². The predicted molar refractivity (Wildman–Crippen MR) is 68.4 cm³/mol. The van der Waals surface area contributed by atoms with Gasteiger partial charge in [-0.1, -0.05) is 35.7 Å². The normalized spacial score (nSPS) is 14.2. The Hall–Kier alpha value is 0.577. The lowest BCUT2D eigenvalue weighted by Crippen LogP contribution is -2.43. The minimum Gasteiger partial charge on any atom is -0.377 e. The molecule has 92 valence electrons. The highest BCUT2D eigenvalue weighted by molar-refractivity contribution is 9.09. The average molecular weight is 299 g/mol. The standard InChI is InChI=1S/C10H23BrO3Si/c1-5-6-7-10(11)8-9-15(12-2,13-3)14-4/h10H,5-9H2,1-4H3. The second-order valence-corrected chi connectivity index (χ2v) is 7.96. The highest BCUT2D eigenvalue weighted by atomic mass is 79.9. The Balaban J connectivity index is 3.88. The fourth-order valence-corrected chi connectivity index (χ4v) is 4.25. The van der Waals surface area contributed by atoms with Gasteiger partial charge in [-0.2, -0.15) is 0 Å². The van der Waals surface area contributed by atoms with Crippen LogP contribution in [0.5, 0.6) is 0 Å². The Morgan fingerprint density at radius 2 is 1.60 bits per heavy atom. The number of halogens is 1. The van der Waals surface area contributed by atoms with Crippen LogP contribution in [0.15, 0.2) is 0 Å². The Labute approximate surface area is 103 Å². The Bertz CT molecular complexity index is 145. The van der Waals surface area contributed by atoms with Crippen molar-refractivity contribution in [1.29, 1.82) is 0 Å². The fraction of sp³-hybridized carbons (Fsp3) is 1.00. The van der Waals surface area contributed by atoms with Gasteiger partial charge in [-0.25, -0.2) is 0 Å². The van der Waals surface area contributed by atoms with Gasteiger partial charge in [0.15, 0.2) is 0 Å². The molecule has 0 aromatic carbocycles. The summed E-state index contributed by atoms with van der Waals surface area (Å²) in [5, 5.41) is 0. The van der Waals surface area contributed by atoms with Gasteiger partial charge < -0.3 is 13.3 Å². The molecule has 0 fully saturated rings. The molecule has 0 aliphatic rings. The van der Waals surface area contributed by atoms with Crippen LogP contribution in [-0.4, -0.2) is 35.0 Å². The third-order valence-corrected chi connectivity index (χ3v) is 6.25. The van der Waals surface area contributed by atoms with Gasteiger partial charge >= 0.3 is 8.80 Å². The molecule has 15 heavy (non-hydrogen) atoms. The molecule has 0 aromatic heterocycles. The van der Waals surface area contributed by atoms with Crippen molar-refractivity contribution < 1.29 is 13.3 Å². The van der Waals surface area contributed by atoms with Gasteiger partial charge in [-0.15, -0.1) is 0 Å². The van der Waals surface area contributed by atoms with Gasteiger partial charge in [0.25, 0.3) is 0 Å². The summed E-state index contributed by atoms with van der Waals surface area (Å²) in [6.07, 6.45) is 4.75. The van der Waals surface area contributed by atoms with Gasteiger partial charge in [0.1, 0.15) is 0 Å². The van der Waals surface area contributed by atoms with Crippen LogP contribution in [0.25, 0.3) is 0 Å². The highest BCUT2D eigenvalue weighted by Crippen LogP contribution is 2.22. The summed E-state index contributed by atoms with van der Waals surface area (Å²) in [4.78, 5) is 0.546. The molecular weight excluding hydrogens is 276 g/mol. The van der Waals surface area contributed by atoms with Crippen molar-refractivity contribution in [3.63, 3.8) is 0 Å². The second-order valence-electron chi connectivity index (χ2n) is 3.57. The first-order valence-corrected chi connectivity index (χ1v) is 8.28. The molecular formula is C10H23BrO3Si. The van der Waals surface area contributed by atoms with E-state index in [1.54, 1.807) is 21.3 Å². The molecule has 0 saturated carbocycles. The molecule has 0 spiro atoms. The lowest BCUT2D eigenvalue weighted by molar-refractivity contribution is 0.123. The van der Waals surface area contributed by atoms with Crippen LogP contribution in [0.1, 0.15) is 32.6 Å². The van der Waals surface area contributed by atoms with E-state index < -0.39 is 8.80 Å². The molecule has 1 unspecified atom stereocenters. The Morgan fingerprint density at radius 1 is 1.07 bits per heavy atom. The maximum atomic E-state index is 5.36. The van der Waals surface area contributed by atoms with Crippen molar-refractivity contribution >= 4 is 24.7 Å². The number of hydrogen-bond donors (Lipinski definition) is 0. The second kappa shape index (κ2) is 8.70. The minimum absolute atomic E-state index is 0.546. The SMILES string of the molecule is CCCCC(Br)CC[Si](OC)(OC)OC. The van der Waals surface area contributed by atoms with E-state index in [0.717, 1.165) is 12.5 Å². The van der Waals surface area contributed by atoms with E-state index in [0.29, 0.717) is 4.83 Å². The fourth-order valence-electron chi connectivity index (χ4n) is 1.46. The quantitative estimate of drug-likeness (QED) is 0.483. The zero-order valence-corrected chi connectivity index (χ0v) is 12.8. The van der Waals surface area contributed by atoms with E-state index in [4.69, 9.17) is 13.3 Å². The summed E-state index contributed by atoms with van der Waals surface area (Å²) < 4.78 is 16.1. The summed E-state index contributed by atoms with van der Waals surface area (Å²) >= 11 is 3.67. The van der Waals surface area contributed by atoms with Gasteiger partial charge in [-0.3, -0.25) is 0 Å². The van der Waals surface area contributed by atoms with Crippen LogP contribution < -0.4 is 0 Å². The van der Waals surface area contributed by atoms with Gasteiger partial charge in [0, 0.05) is 32.2 Å². The van der Waals surface area contributed by atoms with Crippen LogP contribution in [-0.2, 0) is 13.3 Å². The molecule has 0 aromatic rings.